The van der Waals surface area contributed by atoms with Crippen molar-refractivity contribution < 1.29 is 26.3 Å². The van der Waals surface area contributed by atoms with E-state index in [0.717, 1.165) is 52.3 Å². The summed E-state index contributed by atoms with van der Waals surface area (Å²) in [7, 11) is -7.55. The average Bonchev–Trinajstić information content (AvgIpc) is 3.79. The smallest absolute Gasteiger partial charge is 0.245 e. The minimum Gasteiger partial charge on any atom is -0.375 e. The fraction of sp³-hybridized carbons (Fsp3) is 0.388. The molecule has 1 saturated carbocycles. The van der Waals surface area contributed by atoms with Gasteiger partial charge in [-0.3, -0.25) is 9.97 Å². The van der Waals surface area contributed by atoms with Crippen molar-refractivity contribution in [3.05, 3.63) is 144 Å². The first kappa shape index (κ1) is 43.1. The Morgan fingerprint density at radius 3 is 1.57 bits per heavy atom. The molecule has 2 aromatic heterocycles. The predicted molar refractivity (Wildman–Crippen MR) is 239 cm³/mol. The molecular formula is C49H56N4O6S2. The monoisotopic (exact) mass is 860 g/mol. The van der Waals surface area contributed by atoms with Gasteiger partial charge in [0.2, 0.25) is 20.0 Å². The maximum absolute atomic E-state index is 14.1. The van der Waals surface area contributed by atoms with Crippen LogP contribution in [0.1, 0.15) is 81.0 Å². The Morgan fingerprint density at radius 2 is 1.07 bits per heavy atom. The summed E-state index contributed by atoms with van der Waals surface area (Å²) in [5, 5.41) is 1.65. The summed E-state index contributed by atoms with van der Waals surface area (Å²) in [5.74, 6) is 0.961. The highest BCUT2D eigenvalue weighted by Gasteiger charge is 2.38. The lowest BCUT2D eigenvalue weighted by molar-refractivity contribution is 0.0585. The van der Waals surface area contributed by atoms with Crippen LogP contribution >= 0.6 is 0 Å². The molecule has 2 aliphatic heterocycles. The number of para-hydroxylation sites is 2. The van der Waals surface area contributed by atoms with E-state index >= 15 is 0 Å². The largest absolute Gasteiger partial charge is 0.375 e. The summed E-state index contributed by atoms with van der Waals surface area (Å²) in [6, 6.07) is 33.7. The van der Waals surface area contributed by atoms with Gasteiger partial charge >= 0.3 is 0 Å². The standard InChI is InChI=1S/C25H28N2O3S.C24H28N2O3S/c28-31(29,24-13-5-11-20-12-6-14-26-25(20)24)27-16-21-9-3-4-10-22(21)17-30-18-23(27)15-19-7-1-2-8-19;1-3-18(2)14-22-17-29-16-21-9-5-4-8-20(21)15-26(22)30(27,28)23-12-6-10-19-11-7-13-25-24(19)23/h3-6,9-14,19,23H,1-2,7-8,15-18H2;4-13,18,22H,3,14-17H2,1-2H3. The van der Waals surface area contributed by atoms with E-state index in [2.05, 4.69) is 23.8 Å². The molecule has 3 aliphatic rings. The number of hydrogen-bond donors (Lipinski definition) is 0. The number of nitrogens with zero attached hydrogens (tertiary/aromatic N) is 4. The summed E-state index contributed by atoms with van der Waals surface area (Å²) >= 11 is 0. The van der Waals surface area contributed by atoms with Gasteiger partial charge in [-0.1, -0.05) is 131 Å². The van der Waals surface area contributed by atoms with Crippen LogP contribution in [0.3, 0.4) is 0 Å². The van der Waals surface area contributed by atoms with Crippen molar-refractivity contribution in [1.82, 2.24) is 18.6 Å². The van der Waals surface area contributed by atoms with Crippen LogP contribution in [-0.2, 0) is 55.8 Å². The molecule has 4 aromatic carbocycles. The van der Waals surface area contributed by atoms with Crippen LogP contribution < -0.4 is 0 Å². The zero-order chi connectivity index (χ0) is 42.4. The first-order chi connectivity index (χ1) is 29.6. The third-order valence-corrected chi connectivity index (χ3v) is 16.5. The van der Waals surface area contributed by atoms with Crippen LogP contribution in [0.5, 0.6) is 0 Å². The summed E-state index contributed by atoms with van der Waals surface area (Å²) in [5.41, 5.74) is 5.13. The maximum Gasteiger partial charge on any atom is 0.245 e. The van der Waals surface area contributed by atoms with E-state index in [1.165, 1.54) is 25.7 Å². The molecule has 1 aliphatic carbocycles. The molecule has 3 unspecified atom stereocenters. The molecule has 3 atom stereocenters. The minimum absolute atomic E-state index is 0.180. The molecule has 9 rings (SSSR count). The second-order valence-corrected chi connectivity index (χ2v) is 20.5. The number of hydrogen-bond acceptors (Lipinski definition) is 8. The van der Waals surface area contributed by atoms with Crippen LogP contribution in [0.25, 0.3) is 21.8 Å². The minimum atomic E-state index is -3.78. The molecule has 0 saturated heterocycles. The first-order valence-corrected chi connectivity index (χ1v) is 24.5. The summed E-state index contributed by atoms with van der Waals surface area (Å²) in [6.45, 7) is 6.85. The Hall–Kier alpha value is -4.56. The van der Waals surface area contributed by atoms with Crippen LogP contribution in [-0.4, -0.2) is 60.7 Å². The summed E-state index contributed by atoms with van der Waals surface area (Å²) in [4.78, 5) is 9.35. The van der Waals surface area contributed by atoms with Crippen molar-refractivity contribution >= 4 is 41.9 Å². The maximum atomic E-state index is 14.1. The van der Waals surface area contributed by atoms with Gasteiger partial charge in [0, 0.05) is 48.3 Å². The lowest BCUT2D eigenvalue weighted by Gasteiger charge is -2.35. The van der Waals surface area contributed by atoms with E-state index < -0.39 is 20.0 Å². The van der Waals surface area contributed by atoms with E-state index in [4.69, 9.17) is 9.47 Å². The quantitative estimate of drug-likeness (QED) is 0.141. The predicted octanol–water partition coefficient (Wildman–Crippen LogP) is 9.67. The number of aromatic nitrogens is 2. The third-order valence-electron chi connectivity index (χ3n) is 12.7. The zero-order valence-electron chi connectivity index (χ0n) is 35.1. The highest BCUT2D eigenvalue weighted by molar-refractivity contribution is 7.89. The number of rotatable bonds is 9. The topological polar surface area (TPSA) is 119 Å². The van der Waals surface area contributed by atoms with Gasteiger partial charge in [-0.05, 0) is 71.2 Å². The second-order valence-electron chi connectivity index (χ2n) is 16.8. The number of pyridine rings is 2. The fourth-order valence-electron chi connectivity index (χ4n) is 9.09. The molecular weight excluding hydrogens is 805 g/mol. The highest BCUT2D eigenvalue weighted by Crippen LogP contribution is 2.36. The van der Waals surface area contributed by atoms with Crippen molar-refractivity contribution in [2.45, 2.75) is 107 Å². The number of benzene rings is 4. The van der Waals surface area contributed by atoms with Gasteiger partial charge in [0.15, 0.2) is 0 Å². The number of sulfonamides is 2. The lowest BCUT2D eigenvalue weighted by atomic mass is 9.97. The number of fused-ring (bicyclic) bond motifs is 4. The van der Waals surface area contributed by atoms with Gasteiger partial charge in [0.1, 0.15) is 9.79 Å². The molecule has 0 N–H and O–H groups in total. The molecule has 61 heavy (non-hydrogen) atoms. The molecule has 4 heterocycles. The molecule has 0 radical (unpaired) electrons. The molecule has 320 valence electrons. The Morgan fingerprint density at radius 1 is 0.607 bits per heavy atom. The average molecular weight is 861 g/mol. The number of ether oxygens (including phenoxy) is 2. The second kappa shape index (κ2) is 19.2. The van der Waals surface area contributed by atoms with Crippen molar-refractivity contribution in [2.24, 2.45) is 11.8 Å². The van der Waals surface area contributed by atoms with E-state index in [1.54, 1.807) is 45.3 Å². The molecule has 1 fully saturated rings. The van der Waals surface area contributed by atoms with E-state index in [-0.39, 0.29) is 21.9 Å². The Kier molecular flexibility index (Phi) is 13.6. The lowest BCUT2D eigenvalue weighted by Crippen LogP contribution is -2.44. The normalized spacial score (nSPS) is 20.0. The van der Waals surface area contributed by atoms with E-state index in [9.17, 15) is 16.8 Å². The first-order valence-electron chi connectivity index (χ1n) is 21.6. The highest BCUT2D eigenvalue weighted by atomic mass is 32.2. The molecule has 12 heteroatoms. The van der Waals surface area contributed by atoms with Gasteiger partial charge in [-0.15, -0.1) is 0 Å². The summed E-state index contributed by atoms with van der Waals surface area (Å²) < 4.78 is 71.5. The van der Waals surface area contributed by atoms with Crippen LogP contribution in [0.2, 0.25) is 0 Å². The Labute approximate surface area is 361 Å². The molecule has 0 spiro atoms. The molecule has 10 nitrogen and oxygen atoms in total. The van der Waals surface area contributed by atoms with Crippen LogP contribution in [0, 0.1) is 11.8 Å². The zero-order valence-corrected chi connectivity index (χ0v) is 36.7. The third kappa shape index (κ3) is 9.60. The van der Waals surface area contributed by atoms with E-state index in [0.29, 0.717) is 62.4 Å². The Balaban J connectivity index is 0.000000169. The van der Waals surface area contributed by atoms with E-state index in [1.807, 2.05) is 84.9 Å². The van der Waals surface area contributed by atoms with Gasteiger partial charge in [-0.2, -0.15) is 8.61 Å². The Bertz CT molecular complexity index is 2660. The van der Waals surface area contributed by atoms with Crippen molar-refractivity contribution in [3.63, 3.8) is 0 Å². The van der Waals surface area contributed by atoms with Crippen LogP contribution in [0.4, 0.5) is 0 Å². The van der Waals surface area contributed by atoms with Crippen LogP contribution in [0.15, 0.2) is 131 Å². The van der Waals surface area contributed by atoms with Crippen molar-refractivity contribution in [1.29, 1.82) is 0 Å². The van der Waals surface area contributed by atoms with Gasteiger partial charge in [0.05, 0.1) is 37.5 Å². The van der Waals surface area contributed by atoms with Gasteiger partial charge in [-0.25, -0.2) is 16.8 Å². The van der Waals surface area contributed by atoms with Gasteiger partial charge in [0.25, 0.3) is 0 Å². The molecule has 0 amide bonds. The molecule has 0 bridgehead atoms. The van der Waals surface area contributed by atoms with Gasteiger partial charge < -0.3 is 9.47 Å². The van der Waals surface area contributed by atoms with Crippen molar-refractivity contribution in [3.8, 4) is 0 Å². The van der Waals surface area contributed by atoms with Crippen molar-refractivity contribution in [2.75, 3.05) is 13.2 Å². The fourth-order valence-corrected chi connectivity index (χ4v) is 12.6. The summed E-state index contributed by atoms with van der Waals surface area (Å²) in [6.07, 6.45) is 10.7. The molecule has 6 aromatic rings. The SMILES string of the molecule is CCC(C)CC1COCc2ccccc2CN1S(=O)(=O)c1cccc2cccnc12.O=S(=O)(c1cccc2cccnc12)N1Cc2ccccc2COCC1CC1CCCC1.